The Morgan fingerprint density at radius 3 is 1.65 bits per heavy atom. The van der Waals surface area contributed by atoms with Gasteiger partial charge in [-0.25, -0.2) is 0 Å². The molecule has 2 nitrogen and oxygen atoms in total. The zero-order valence-electron chi connectivity index (χ0n) is 12.5. The number of rotatable bonds is 9. The van der Waals surface area contributed by atoms with E-state index in [0.717, 1.165) is 13.1 Å². The Morgan fingerprint density at radius 1 is 0.941 bits per heavy atom. The van der Waals surface area contributed by atoms with Crippen LogP contribution in [-0.4, -0.2) is 33.8 Å². The van der Waals surface area contributed by atoms with E-state index in [0.29, 0.717) is 0 Å². The molecule has 0 spiro atoms. The zero-order chi connectivity index (χ0) is 13.5. The molecule has 0 heterocycles. The van der Waals surface area contributed by atoms with Gasteiger partial charge in [-0.2, -0.15) is 0 Å². The Labute approximate surface area is 115 Å². The van der Waals surface area contributed by atoms with Gasteiger partial charge in [-0.1, -0.05) is 26.7 Å². The highest BCUT2D eigenvalue weighted by Gasteiger charge is 2.36. The predicted molar refractivity (Wildman–Crippen MR) is 83.3 cm³/mol. The van der Waals surface area contributed by atoms with Crippen LogP contribution in [0.5, 0.6) is 0 Å². The molecule has 0 aliphatic heterocycles. The van der Waals surface area contributed by atoms with Crippen LogP contribution in [0.25, 0.3) is 0 Å². The maximum absolute atomic E-state index is 6.35. The fourth-order valence-electron chi connectivity index (χ4n) is 2.01. The Hall–Kier alpha value is 0.644. The molecule has 0 unspecified atom stereocenters. The quantitative estimate of drug-likeness (QED) is 0.457. The van der Waals surface area contributed by atoms with Crippen molar-refractivity contribution in [3.05, 3.63) is 0 Å². The summed E-state index contributed by atoms with van der Waals surface area (Å²) in [6, 6.07) is 0. The van der Waals surface area contributed by atoms with Gasteiger partial charge in [0, 0.05) is 0 Å². The SMILES string of the molecule is CCCCN(CCCC)[Si](C)(C)O[Si](C)(C)Cl. The second kappa shape index (κ2) is 7.94. The van der Waals surface area contributed by atoms with Gasteiger partial charge in [0.25, 0.3) is 16.1 Å². The van der Waals surface area contributed by atoms with Gasteiger partial charge in [0.1, 0.15) is 0 Å². The fraction of sp³-hybridized carbons (Fsp3) is 1.00. The average molecular weight is 296 g/mol. The van der Waals surface area contributed by atoms with Gasteiger partial charge >= 0.3 is 0 Å². The van der Waals surface area contributed by atoms with Gasteiger partial charge in [-0.05, 0) is 52.1 Å². The molecule has 0 saturated heterocycles. The highest BCUT2D eigenvalue weighted by atomic mass is 35.6. The minimum atomic E-state index is -1.94. The molecule has 17 heavy (non-hydrogen) atoms. The lowest BCUT2D eigenvalue weighted by Gasteiger charge is -2.39. The van der Waals surface area contributed by atoms with Crippen molar-refractivity contribution in [1.82, 2.24) is 4.57 Å². The van der Waals surface area contributed by atoms with E-state index in [-0.39, 0.29) is 0 Å². The predicted octanol–water partition coefficient (Wildman–Crippen LogP) is 4.55. The van der Waals surface area contributed by atoms with Crippen LogP contribution >= 0.6 is 11.1 Å². The first-order valence-corrected chi connectivity index (χ1v) is 13.6. The lowest BCUT2D eigenvalue weighted by atomic mass is 10.3. The molecule has 0 amide bonds. The number of unbranched alkanes of at least 4 members (excludes halogenated alkanes) is 2. The minimum Gasteiger partial charge on any atom is -0.433 e. The van der Waals surface area contributed by atoms with Crippen LogP contribution in [0.2, 0.25) is 26.2 Å². The van der Waals surface area contributed by atoms with Gasteiger partial charge in [-0.15, -0.1) is 11.1 Å². The van der Waals surface area contributed by atoms with Gasteiger partial charge in [0.05, 0.1) is 0 Å². The Morgan fingerprint density at radius 2 is 1.35 bits per heavy atom. The summed E-state index contributed by atoms with van der Waals surface area (Å²) in [6.07, 6.45) is 5.01. The van der Waals surface area contributed by atoms with Gasteiger partial charge < -0.3 is 8.68 Å². The molecule has 0 aromatic rings. The molecule has 0 bridgehead atoms. The van der Waals surface area contributed by atoms with Crippen LogP contribution in [0.15, 0.2) is 0 Å². The summed E-state index contributed by atoms with van der Waals surface area (Å²) in [7, 11) is -3.72. The summed E-state index contributed by atoms with van der Waals surface area (Å²) < 4.78 is 8.83. The molecule has 0 aromatic heterocycles. The summed E-state index contributed by atoms with van der Waals surface area (Å²) >= 11 is 6.35. The molecule has 0 N–H and O–H groups in total. The lowest BCUT2D eigenvalue weighted by molar-refractivity contribution is 0.339. The molecule has 5 heteroatoms. The second-order valence-corrected chi connectivity index (χ2v) is 15.4. The lowest BCUT2D eigenvalue weighted by Crippen LogP contribution is -2.56. The van der Waals surface area contributed by atoms with E-state index >= 15 is 0 Å². The summed E-state index contributed by atoms with van der Waals surface area (Å²) in [5.41, 5.74) is 0. The maximum Gasteiger partial charge on any atom is 0.274 e. The van der Waals surface area contributed by atoms with Crippen molar-refractivity contribution < 1.29 is 4.12 Å². The number of nitrogens with zero attached hydrogens (tertiary/aromatic N) is 1. The molecule has 0 fully saturated rings. The van der Waals surface area contributed by atoms with Crippen LogP contribution in [0.4, 0.5) is 0 Å². The molecule has 0 radical (unpaired) electrons. The summed E-state index contributed by atoms with van der Waals surface area (Å²) in [5.74, 6) is 0. The van der Waals surface area contributed by atoms with Crippen LogP contribution in [0.3, 0.4) is 0 Å². The normalized spacial score (nSPS) is 13.4. The van der Waals surface area contributed by atoms with Gasteiger partial charge in [-0.3, -0.25) is 0 Å². The van der Waals surface area contributed by atoms with Crippen molar-refractivity contribution >= 4 is 27.2 Å². The first-order chi connectivity index (χ1) is 7.73. The number of hydrogen-bond donors (Lipinski definition) is 0. The van der Waals surface area contributed by atoms with Crippen molar-refractivity contribution in [1.29, 1.82) is 0 Å². The highest BCUT2D eigenvalue weighted by molar-refractivity contribution is 7.17. The molecule has 104 valence electrons. The first kappa shape index (κ1) is 17.6. The molecule has 0 atom stereocenters. The molecular formula is C12H30ClNOSi2. The van der Waals surface area contributed by atoms with Crippen molar-refractivity contribution in [3.63, 3.8) is 0 Å². The molecule has 0 aromatic carbocycles. The monoisotopic (exact) mass is 295 g/mol. The Bertz CT molecular complexity index is 199. The van der Waals surface area contributed by atoms with Gasteiger partial charge in [0.2, 0.25) is 0 Å². The number of halogens is 1. The van der Waals surface area contributed by atoms with Crippen LogP contribution in [-0.2, 0) is 4.12 Å². The van der Waals surface area contributed by atoms with Crippen LogP contribution in [0, 0.1) is 0 Å². The molecule has 0 rings (SSSR count). The van der Waals surface area contributed by atoms with E-state index in [1.165, 1.54) is 25.7 Å². The van der Waals surface area contributed by atoms with E-state index in [1.54, 1.807) is 0 Å². The van der Waals surface area contributed by atoms with E-state index in [9.17, 15) is 0 Å². The van der Waals surface area contributed by atoms with Crippen LogP contribution < -0.4 is 0 Å². The third-order valence-electron chi connectivity index (χ3n) is 2.82. The van der Waals surface area contributed by atoms with Crippen molar-refractivity contribution in [2.45, 2.75) is 65.7 Å². The summed E-state index contributed by atoms with van der Waals surface area (Å²) in [4.78, 5) is 0. The first-order valence-electron chi connectivity index (χ1n) is 6.87. The van der Waals surface area contributed by atoms with E-state index in [4.69, 9.17) is 15.2 Å². The largest absolute Gasteiger partial charge is 0.433 e. The van der Waals surface area contributed by atoms with Gasteiger partial charge in [0.15, 0.2) is 0 Å². The maximum atomic E-state index is 6.35. The van der Waals surface area contributed by atoms with E-state index in [2.05, 4.69) is 44.6 Å². The smallest absolute Gasteiger partial charge is 0.274 e. The highest BCUT2D eigenvalue weighted by Crippen LogP contribution is 2.21. The standard InChI is InChI=1S/C12H30ClNOSi2/c1-7-9-11-14(12-10-8-2)17(5,6)15-16(3,4)13/h7-12H2,1-6H3. The van der Waals surface area contributed by atoms with E-state index in [1.807, 2.05) is 0 Å². The Balaban J connectivity index is 4.50. The molecular weight excluding hydrogens is 266 g/mol. The van der Waals surface area contributed by atoms with Crippen LogP contribution in [0.1, 0.15) is 39.5 Å². The third-order valence-corrected chi connectivity index (χ3v) is 9.42. The van der Waals surface area contributed by atoms with E-state index < -0.39 is 16.1 Å². The molecule has 0 aliphatic rings. The summed E-state index contributed by atoms with van der Waals surface area (Å²) in [6.45, 7) is 15.5. The topological polar surface area (TPSA) is 12.5 Å². The Kier molecular flexibility index (Phi) is 8.24. The average Bonchev–Trinajstić information content (AvgIpc) is 2.13. The zero-order valence-corrected chi connectivity index (χ0v) is 15.2. The number of hydrogen-bond acceptors (Lipinski definition) is 2. The third kappa shape index (κ3) is 8.37. The molecule has 0 aliphatic carbocycles. The second-order valence-electron chi connectivity index (χ2n) is 5.61. The fourth-order valence-corrected chi connectivity index (χ4v) is 10.4. The van der Waals surface area contributed by atoms with Crippen molar-refractivity contribution in [3.8, 4) is 0 Å². The minimum absolute atomic E-state index is 1.16. The van der Waals surface area contributed by atoms with Crippen molar-refractivity contribution in [2.24, 2.45) is 0 Å². The molecule has 0 saturated carbocycles. The van der Waals surface area contributed by atoms with Crippen molar-refractivity contribution in [2.75, 3.05) is 13.1 Å². The summed E-state index contributed by atoms with van der Waals surface area (Å²) in [5, 5.41) is 0.